The molecular formula is C24H23F3N4O. The molecule has 1 aliphatic rings. The number of halogens is 3. The van der Waals surface area contributed by atoms with Crippen LogP contribution in [0.2, 0.25) is 0 Å². The van der Waals surface area contributed by atoms with Crippen LogP contribution < -0.4 is 5.32 Å². The molecule has 0 spiro atoms. The second-order valence-corrected chi connectivity index (χ2v) is 7.70. The van der Waals surface area contributed by atoms with Crippen molar-refractivity contribution in [2.75, 3.05) is 6.54 Å². The Morgan fingerprint density at radius 3 is 2.62 bits per heavy atom. The molecular weight excluding hydrogens is 417 g/mol. The Morgan fingerprint density at radius 1 is 1.12 bits per heavy atom. The Morgan fingerprint density at radius 2 is 1.88 bits per heavy atom. The highest BCUT2D eigenvalue weighted by molar-refractivity contribution is 5.94. The average molecular weight is 440 g/mol. The summed E-state index contributed by atoms with van der Waals surface area (Å²) >= 11 is 0. The van der Waals surface area contributed by atoms with E-state index in [4.69, 9.17) is 0 Å². The van der Waals surface area contributed by atoms with Crippen molar-refractivity contribution in [1.29, 1.82) is 0 Å². The second kappa shape index (κ2) is 9.40. The van der Waals surface area contributed by atoms with Crippen LogP contribution in [0, 0.1) is 17.5 Å². The molecule has 0 radical (unpaired) electrons. The summed E-state index contributed by atoms with van der Waals surface area (Å²) in [6.45, 7) is 5.21. The first-order valence-electron chi connectivity index (χ1n) is 10.3. The van der Waals surface area contributed by atoms with Gasteiger partial charge in [0.2, 0.25) is 0 Å². The monoisotopic (exact) mass is 440 g/mol. The lowest BCUT2D eigenvalue weighted by molar-refractivity contribution is 0.0942. The summed E-state index contributed by atoms with van der Waals surface area (Å²) in [7, 11) is 0. The molecule has 0 unspecified atom stereocenters. The predicted molar refractivity (Wildman–Crippen MR) is 114 cm³/mol. The lowest BCUT2D eigenvalue weighted by Gasteiger charge is -2.28. The molecule has 0 bridgehead atoms. The first-order chi connectivity index (χ1) is 15.5. The topological polar surface area (TPSA) is 50.2 Å². The van der Waals surface area contributed by atoms with Crippen LogP contribution in [0.1, 0.15) is 32.9 Å². The third-order valence-electron chi connectivity index (χ3n) is 5.55. The molecule has 0 fully saturated rings. The van der Waals surface area contributed by atoms with Crippen molar-refractivity contribution in [2.24, 2.45) is 0 Å². The standard InChI is InChI=1S/C24H23F3N4O/c1-2-11-31-21-10-12-30(14-17-19(25)8-9-20(26)22(17)27)15-18(21)23(29-31)24(32)28-13-16-6-4-3-5-7-16/h2-9H,1,10-15H2,(H,28,32). The van der Waals surface area contributed by atoms with E-state index in [-0.39, 0.29) is 30.3 Å². The second-order valence-electron chi connectivity index (χ2n) is 7.70. The van der Waals surface area contributed by atoms with Crippen LogP contribution in [0.15, 0.2) is 55.1 Å². The van der Waals surface area contributed by atoms with Crippen LogP contribution >= 0.6 is 0 Å². The number of carbonyl (C=O) groups excluding carboxylic acids is 1. The molecule has 1 aliphatic heterocycles. The van der Waals surface area contributed by atoms with Gasteiger partial charge in [0.05, 0.1) is 6.54 Å². The van der Waals surface area contributed by atoms with Gasteiger partial charge in [0, 0.05) is 49.4 Å². The molecule has 3 aromatic rings. The van der Waals surface area contributed by atoms with Crippen molar-refractivity contribution in [3.05, 3.63) is 101 Å². The van der Waals surface area contributed by atoms with Crippen molar-refractivity contribution < 1.29 is 18.0 Å². The molecule has 5 nitrogen and oxygen atoms in total. The zero-order chi connectivity index (χ0) is 22.7. The third-order valence-corrected chi connectivity index (χ3v) is 5.55. The highest BCUT2D eigenvalue weighted by Crippen LogP contribution is 2.26. The van der Waals surface area contributed by atoms with Crippen molar-refractivity contribution in [1.82, 2.24) is 20.0 Å². The Kier molecular flexibility index (Phi) is 6.41. The number of carbonyl (C=O) groups is 1. The molecule has 1 amide bonds. The van der Waals surface area contributed by atoms with E-state index >= 15 is 0 Å². The maximum Gasteiger partial charge on any atom is 0.272 e. The lowest BCUT2D eigenvalue weighted by atomic mass is 10.0. The summed E-state index contributed by atoms with van der Waals surface area (Å²) in [6, 6.07) is 11.2. The number of aromatic nitrogens is 2. The molecule has 8 heteroatoms. The van der Waals surface area contributed by atoms with Crippen molar-refractivity contribution in [3.63, 3.8) is 0 Å². The van der Waals surface area contributed by atoms with Crippen LogP contribution in [0.4, 0.5) is 13.2 Å². The van der Waals surface area contributed by atoms with Crippen LogP contribution in [0.3, 0.4) is 0 Å². The maximum absolute atomic E-state index is 14.2. The van der Waals surface area contributed by atoms with Crippen LogP contribution in [-0.2, 0) is 32.6 Å². The first-order valence-corrected chi connectivity index (χ1v) is 10.3. The van der Waals surface area contributed by atoms with E-state index in [0.29, 0.717) is 31.6 Å². The lowest BCUT2D eigenvalue weighted by Crippen LogP contribution is -2.33. The number of allylic oxidation sites excluding steroid dienone is 1. The Hall–Kier alpha value is -3.39. The van der Waals surface area contributed by atoms with Gasteiger partial charge >= 0.3 is 0 Å². The van der Waals surface area contributed by atoms with E-state index < -0.39 is 17.5 Å². The molecule has 4 rings (SSSR count). The Labute approximate surface area is 184 Å². The van der Waals surface area contributed by atoms with Gasteiger partial charge in [-0.25, -0.2) is 13.2 Å². The average Bonchev–Trinajstić information content (AvgIpc) is 3.16. The van der Waals surface area contributed by atoms with Crippen LogP contribution in [0.5, 0.6) is 0 Å². The molecule has 166 valence electrons. The number of nitrogens with zero attached hydrogens (tertiary/aromatic N) is 3. The van der Waals surface area contributed by atoms with Gasteiger partial charge in [-0.2, -0.15) is 5.10 Å². The van der Waals surface area contributed by atoms with Crippen molar-refractivity contribution in [2.45, 2.75) is 32.6 Å². The first kappa shape index (κ1) is 21.8. The summed E-state index contributed by atoms with van der Waals surface area (Å²) in [5.74, 6) is -3.38. The quantitative estimate of drug-likeness (QED) is 0.447. The largest absolute Gasteiger partial charge is 0.347 e. The summed E-state index contributed by atoms with van der Waals surface area (Å²) in [6.07, 6.45) is 2.24. The van der Waals surface area contributed by atoms with Gasteiger partial charge in [0.1, 0.15) is 5.82 Å². The van der Waals surface area contributed by atoms with Gasteiger partial charge in [0.25, 0.3) is 5.91 Å². The third kappa shape index (κ3) is 4.45. The van der Waals surface area contributed by atoms with Crippen molar-refractivity contribution >= 4 is 5.91 Å². The molecule has 1 aromatic heterocycles. The summed E-state index contributed by atoms with van der Waals surface area (Å²) in [4.78, 5) is 14.7. The molecule has 2 heterocycles. The Bertz CT molecular complexity index is 1140. The number of hydrogen-bond donors (Lipinski definition) is 1. The minimum Gasteiger partial charge on any atom is -0.347 e. The molecule has 1 N–H and O–H groups in total. The molecule has 0 aliphatic carbocycles. The number of nitrogens with one attached hydrogen (secondary N) is 1. The van der Waals surface area contributed by atoms with Gasteiger partial charge in [-0.15, -0.1) is 6.58 Å². The fourth-order valence-corrected chi connectivity index (χ4v) is 3.94. The maximum atomic E-state index is 14.2. The number of amides is 1. The normalized spacial score (nSPS) is 13.6. The van der Waals surface area contributed by atoms with Crippen LogP contribution in [0.25, 0.3) is 0 Å². The number of benzene rings is 2. The smallest absolute Gasteiger partial charge is 0.272 e. The van der Waals surface area contributed by atoms with Crippen LogP contribution in [-0.4, -0.2) is 27.1 Å². The molecule has 2 aromatic carbocycles. The van der Waals surface area contributed by atoms with E-state index in [1.165, 1.54) is 0 Å². The molecule has 0 atom stereocenters. The van der Waals surface area contributed by atoms with E-state index in [1.54, 1.807) is 15.7 Å². The van der Waals surface area contributed by atoms with Gasteiger partial charge in [-0.1, -0.05) is 36.4 Å². The zero-order valence-corrected chi connectivity index (χ0v) is 17.5. The summed E-state index contributed by atoms with van der Waals surface area (Å²) < 4.78 is 43.6. The van der Waals surface area contributed by atoms with E-state index in [2.05, 4.69) is 17.0 Å². The SMILES string of the molecule is C=CCn1nc(C(=O)NCc2ccccc2)c2c1CCN(Cc1c(F)ccc(F)c1F)C2. The molecule has 32 heavy (non-hydrogen) atoms. The highest BCUT2D eigenvalue weighted by atomic mass is 19.2. The number of hydrogen-bond acceptors (Lipinski definition) is 3. The summed E-state index contributed by atoms with van der Waals surface area (Å²) in [5, 5.41) is 7.37. The van der Waals surface area contributed by atoms with Gasteiger partial charge in [-0.3, -0.25) is 14.4 Å². The van der Waals surface area contributed by atoms with E-state index in [1.807, 2.05) is 30.3 Å². The van der Waals surface area contributed by atoms with E-state index in [0.717, 1.165) is 23.4 Å². The van der Waals surface area contributed by atoms with Crippen molar-refractivity contribution in [3.8, 4) is 0 Å². The van der Waals surface area contributed by atoms with E-state index in [9.17, 15) is 18.0 Å². The number of rotatable bonds is 7. The summed E-state index contributed by atoms with van der Waals surface area (Å²) in [5.41, 5.74) is 2.52. The Balaban J connectivity index is 1.57. The molecule has 0 saturated carbocycles. The minimum absolute atomic E-state index is 0.105. The van der Waals surface area contributed by atoms with Gasteiger partial charge in [0.15, 0.2) is 17.3 Å². The minimum atomic E-state index is -1.18. The van der Waals surface area contributed by atoms with Gasteiger partial charge < -0.3 is 5.32 Å². The number of fused-ring (bicyclic) bond motifs is 1. The highest BCUT2D eigenvalue weighted by Gasteiger charge is 2.29. The predicted octanol–water partition coefficient (Wildman–Crippen LogP) is 3.97. The molecule has 0 saturated heterocycles. The van der Waals surface area contributed by atoms with Gasteiger partial charge in [-0.05, 0) is 17.7 Å². The zero-order valence-electron chi connectivity index (χ0n) is 17.5. The fraction of sp³-hybridized carbons (Fsp3) is 0.250. The fourth-order valence-electron chi connectivity index (χ4n) is 3.94.